The first-order valence-corrected chi connectivity index (χ1v) is 7.44. The van der Waals surface area contributed by atoms with E-state index in [0.29, 0.717) is 17.1 Å². The largest absolute Gasteiger partial charge is 0.338 e. The van der Waals surface area contributed by atoms with E-state index < -0.39 is 0 Å². The maximum absolute atomic E-state index is 12.7. The maximum Gasteiger partial charge on any atom is 0.259 e. The first-order valence-electron chi connectivity index (χ1n) is 7.44. The number of carbonyl (C=O) groups excluding carboxylic acids is 1. The van der Waals surface area contributed by atoms with Crippen molar-refractivity contribution in [2.45, 2.75) is 19.8 Å². The zero-order valence-corrected chi connectivity index (χ0v) is 13.8. The van der Waals surface area contributed by atoms with Gasteiger partial charge in [0, 0.05) is 25.0 Å². The Labute approximate surface area is 136 Å². The summed E-state index contributed by atoms with van der Waals surface area (Å²) in [5.74, 6) is 0.577. The van der Waals surface area contributed by atoms with Crippen LogP contribution >= 0.6 is 12.4 Å². The normalized spacial score (nSPS) is 18.3. The maximum atomic E-state index is 12.7. The summed E-state index contributed by atoms with van der Waals surface area (Å²) in [6.07, 6.45) is 5.71. The molecule has 1 atom stereocenters. The van der Waals surface area contributed by atoms with E-state index in [2.05, 4.69) is 15.4 Å². The molecule has 3 rings (SSSR count). The molecule has 1 aliphatic heterocycles. The molecule has 0 bridgehead atoms. The third kappa shape index (κ3) is 3.23. The van der Waals surface area contributed by atoms with Gasteiger partial charge in [-0.05, 0) is 45.3 Å². The minimum atomic E-state index is 0. The Hall–Kier alpha value is -1.66. The number of amides is 1. The van der Waals surface area contributed by atoms with Crippen molar-refractivity contribution in [1.29, 1.82) is 0 Å². The van der Waals surface area contributed by atoms with Gasteiger partial charge in [0.25, 0.3) is 5.91 Å². The lowest BCUT2D eigenvalue weighted by molar-refractivity contribution is 0.0676. The number of aryl methyl sites for hydroxylation is 1. The number of fused-ring (bicyclic) bond motifs is 1. The lowest BCUT2D eigenvalue weighted by atomic mass is 9.97. The van der Waals surface area contributed by atoms with Gasteiger partial charge in [0.2, 0.25) is 0 Å². The predicted molar refractivity (Wildman–Crippen MR) is 87.5 cm³/mol. The van der Waals surface area contributed by atoms with Gasteiger partial charge in [-0.15, -0.1) is 12.4 Å². The Morgan fingerprint density at radius 1 is 1.50 bits per heavy atom. The highest BCUT2D eigenvalue weighted by atomic mass is 35.5. The number of halogens is 1. The quantitative estimate of drug-likeness (QED) is 0.930. The summed E-state index contributed by atoms with van der Waals surface area (Å²) in [6.45, 7) is 4.51. The third-order valence-electron chi connectivity index (χ3n) is 4.04. The number of nitrogens with one attached hydrogen (secondary N) is 1. The zero-order chi connectivity index (χ0) is 14.8. The number of hydrogen-bond acceptors (Lipinski definition) is 4. The minimum absolute atomic E-state index is 0. The molecule has 0 spiro atoms. The number of piperidine rings is 1. The SMILES string of the molecule is CNCC1CCCN(C(=O)c2cnn3ccc(C)nc23)C1.Cl. The van der Waals surface area contributed by atoms with Gasteiger partial charge in [-0.1, -0.05) is 0 Å². The summed E-state index contributed by atoms with van der Waals surface area (Å²) in [7, 11) is 1.96. The van der Waals surface area contributed by atoms with Gasteiger partial charge < -0.3 is 10.2 Å². The Morgan fingerprint density at radius 3 is 3.09 bits per heavy atom. The van der Waals surface area contributed by atoms with E-state index in [1.54, 1.807) is 10.7 Å². The van der Waals surface area contributed by atoms with E-state index in [0.717, 1.165) is 31.7 Å². The number of hydrogen-bond donors (Lipinski definition) is 1. The highest BCUT2D eigenvalue weighted by Crippen LogP contribution is 2.19. The molecule has 0 radical (unpaired) electrons. The van der Waals surface area contributed by atoms with E-state index in [1.165, 1.54) is 6.42 Å². The molecule has 2 aromatic heterocycles. The van der Waals surface area contributed by atoms with Crippen LogP contribution in [-0.4, -0.2) is 52.1 Å². The molecule has 3 heterocycles. The molecule has 7 heteroatoms. The standard InChI is InChI=1S/C15H21N5O.ClH/c1-11-5-7-20-14(18-11)13(9-17-20)15(21)19-6-3-4-12(10-19)8-16-2;/h5,7,9,12,16H,3-4,6,8,10H2,1-2H3;1H. The van der Waals surface area contributed by atoms with Crippen LogP contribution in [0, 0.1) is 12.8 Å². The van der Waals surface area contributed by atoms with Crippen molar-refractivity contribution in [3.05, 3.63) is 29.7 Å². The average Bonchev–Trinajstić information content (AvgIpc) is 2.90. The zero-order valence-electron chi connectivity index (χ0n) is 13.0. The molecular formula is C15H22ClN5O. The van der Waals surface area contributed by atoms with Crippen LogP contribution in [0.1, 0.15) is 28.9 Å². The first kappa shape index (κ1) is 16.7. The molecule has 1 N–H and O–H groups in total. The number of nitrogens with zero attached hydrogens (tertiary/aromatic N) is 4. The van der Waals surface area contributed by atoms with E-state index in [4.69, 9.17) is 0 Å². The summed E-state index contributed by atoms with van der Waals surface area (Å²) in [4.78, 5) is 19.1. The molecule has 1 unspecified atom stereocenters. The molecule has 1 saturated heterocycles. The van der Waals surface area contributed by atoms with E-state index in [9.17, 15) is 4.79 Å². The lowest BCUT2D eigenvalue weighted by Crippen LogP contribution is -2.42. The fourth-order valence-corrected chi connectivity index (χ4v) is 2.99. The smallest absolute Gasteiger partial charge is 0.259 e. The van der Waals surface area contributed by atoms with Crippen molar-refractivity contribution in [3.63, 3.8) is 0 Å². The summed E-state index contributed by atoms with van der Waals surface area (Å²) >= 11 is 0. The van der Waals surface area contributed by atoms with Gasteiger partial charge in [-0.25, -0.2) is 9.50 Å². The lowest BCUT2D eigenvalue weighted by Gasteiger charge is -2.32. The van der Waals surface area contributed by atoms with Gasteiger partial charge >= 0.3 is 0 Å². The monoisotopic (exact) mass is 323 g/mol. The fraction of sp³-hybridized carbons (Fsp3) is 0.533. The van der Waals surface area contributed by atoms with Crippen molar-refractivity contribution in [2.24, 2.45) is 5.92 Å². The second-order valence-electron chi connectivity index (χ2n) is 5.71. The van der Waals surface area contributed by atoms with Crippen LogP contribution in [0.4, 0.5) is 0 Å². The van der Waals surface area contributed by atoms with Crippen LogP contribution in [-0.2, 0) is 0 Å². The number of likely N-dealkylation sites (tertiary alicyclic amines) is 1. The van der Waals surface area contributed by atoms with Crippen LogP contribution in [0.15, 0.2) is 18.5 Å². The average molecular weight is 324 g/mol. The Morgan fingerprint density at radius 2 is 2.32 bits per heavy atom. The summed E-state index contributed by atoms with van der Waals surface area (Å²) in [5, 5.41) is 7.43. The van der Waals surface area contributed by atoms with Crippen LogP contribution in [0.5, 0.6) is 0 Å². The van der Waals surface area contributed by atoms with Gasteiger partial charge in [-0.2, -0.15) is 5.10 Å². The molecule has 0 saturated carbocycles. The van der Waals surface area contributed by atoms with Crippen LogP contribution in [0.3, 0.4) is 0 Å². The molecule has 0 aromatic carbocycles. The number of rotatable bonds is 3. The molecule has 120 valence electrons. The molecule has 22 heavy (non-hydrogen) atoms. The highest BCUT2D eigenvalue weighted by molar-refractivity contribution is 5.99. The van der Waals surface area contributed by atoms with Crippen molar-refractivity contribution in [3.8, 4) is 0 Å². The van der Waals surface area contributed by atoms with Crippen molar-refractivity contribution in [2.75, 3.05) is 26.7 Å². The van der Waals surface area contributed by atoms with Gasteiger partial charge in [0.15, 0.2) is 5.65 Å². The van der Waals surface area contributed by atoms with Crippen LogP contribution in [0.25, 0.3) is 5.65 Å². The molecule has 2 aromatic rings. The molecule has 1 fully saturated rings. The minimum Gasteiger partial charge on any atom is -0.338 e. The van der Waals surface area contributed by atoms with Crippen molar-refractivity contribution < 1.29 is 4.79 Å². The summed E-state index contributed by atoms with van der Waals surface area (Å²) < 4.78 is 1.66. The predicted octanol–water partition coefficient (Wildman–Crippen LogP) is 1.53. The van der Waals surface area contributed by atoms with Gasteiger partial charge in [0.1, 0.15) is 5.56 Å². The van der Waals surface area contributed by atoms with Gasteiger partial charge in [-0.3, -0.25) is 4.79 Å². The van der Waals surface area contributed by atoms with Crippen LogP contribution in [0.2, 0.25) is 0 Å². The first-order chi connectivity index (χ1) is 10.2. The highest BCUT2D eigenvalue weighted by Gasteiger charge is 2.26. The topological polar surface area (TPSA) is 62.5 Å². The molecule has 1 aliphatic rings. The summed E-state index contributed by atoms with van der Waals surface area (Å²) in [6, 6.07) is 1.89. The molecule has 0 aliphatic carbocycles. The summed E-state index contributed by atoms with van der Waals surface area (Å²) in [5.41, 5.74) is 2.14. The van der Waals surface area contributed by atoms with Crippen LogP contribution < -0.4 is 5.32 Å². The van der Waals surface area contributed by atoms with E-state index >= 15 is 0 Å². The van der Waals surface area contributed by atoms with Gasteiger partial charge in [0.05, 0.1) is 6.20 Å². The second-order valence-corrected chi connectivity index (χ2v) is 5.71. The third-order valence-corrected chi connectivity index (χ3v) is 4.04. The van der Waals surface area contributed by atoms with E-state index in [-0.39, 0.29) is 18.3 Å². The number of carbonyl (C=O) groups is 1. The Bertz CT molecular complexity index is 654. The molecule has 1 amide bonds. The molecular weight excluding hydrogens is 302 g/mol. The Kier molecular flexibility index (Phi) is 5.37. The Balaban J connectivity index is 0.00000176. The fourth-order valence-electron chi connectivity index (χ4n) is 2.99. The second kappa shape index (κ2) is 7.07. The van der Waals surface area contributed by atoms with Crippen molar-refractivity contribution in [1.82, 2.24) is 24.8 Å². The number of aromatic nitrogens is 3. The van der Waals surface area contributed by atoms with E-state index in [1.807, 2.05) is 31.1 Å². The van der Waals surface area contributed by atoms with Crippen molar-refractivity contribution >= 4 is 24.0 Å². The molecule has 6 nitrogen and oxygen atoms in total.